The number of likely N-dealkylation sites (tertiary alicyclic amines) is 1. The van der Waals surface area contributed by atoms with Crippen LogP contribution in [0.25, 0.3) is 10.8 Å². The summed E-state index contributed by atoms with van der Waals surface area (Å²) in [7, 11) is 1.97. The van der Waals surface area contributed by atoms with Gasteiger partial charge in [-0.25, -0.2) is 0 Å². The standard InChI is InChI=1S/C39H59N7O6/c1-7-25(2)35(26(3)40)31(21-27-16-17-28-12-8-9-13-29(28)20-27)43-37(51)32(23-47)44-38(52)39(4,5)45-34(49)22-42-36(50)30(14-10-18-41-24-48)33-15-11-19-46(33)6/h8-9,12-13,16-17,20,24-25,30-33,35,47H,3,7,10-11,14-15,18-19,21-23,40H2,1-2,4-6H3,(H,41,48)(H,42,50)(H,43,51)(H,44,52)(H,45,49)/t25?,30?,31?,32?,33?,35-/m0/s1. The lowest BCUT2D eigenvalue weighted by atomic mass is 9.80. The Morgan fingerprint density at radius 1 is 1.10 bits per heavy atom. The fraction of sp³-hybridized carbons (Fsp3) is 0.564. The maximum Gasteiger partial charge on any atom is 0.245 e. The van der Waals surface area contributed by atoms with Gasteiger partial charge in [0.25, 0.3) is 0 Å². The summed E-state index contributed by atoms with van der Waals surface area (Å²) in [5.74, 6) is -2.73. The van der Waals surface area contributed by atoms with Gasteiger partial charge in [0.1, 0.15) is 11.6 Å². The lowest BCUT2D eigenvalue weighted by molar-refractivity contribution is -0.136. The second-order valence-electron chi connectivity index (χ2n) is 14.6. The Labute approximate surface area is 307 Å². The van der Waals surface area contributed by atoms with Crippen LogP contribution in [-0.2, 0) is 30.4 Å². The van der Waals surface area contributed by atoms with E-state index >= 15 is 0 Å². The van der Waals surface area contributed by atoms with Gasteiger partial charge in [0.2, 0.25) is 30.0 Å². The number of hydrogen-bond acceptors (Lipinski definition) is 8. The van der Waals surface area contributed by atoms with Crippen LogP contribution in [0.3, 0.4) is 0 Å². The number of rotatable bonds is 21. The summed E-state index contributed by atoms with van der Waals surface area (Å²) < 4.78 is 0. The Bertz CT molecular complexity index is 1550. The minimum absolute atomic E-state index is 0.0265. The summed E-state index contributed by atoms with van der Waals surface area (Å²) in [6.07, 6.45) is 4.84. The van der Waals surface area contributed by atoms with E-state index in [9.17, 15) is 29.1 Å². The highest BCUT2D eigenvalue weighted by molar-refractivity contribution is 5.95. The van der Waals surface area contributed by atoms with Gasteiger partial charge in [-0.1, -0.05) is 69.3 Å². The minimum atomic E-state index is -1.49. The molecule has 2 aromatic carbocycles. The van der Waals surface area contributed by atoms with E-state index in [2.05, 4.69) is 44.1 Å². The summed E-state index contributed by atoms with van der Waals surface area (Å²) in [6.45, 7) is 11.4. The number of amides is 5. The predicted octanol–water partition coefficient (Wildman–Crippen LogP) is 1.73. The number of fused-ring (bicyclic) bond motifs is 1. The number of nitrogens with zero attached hydrogens (tertiary/aromatic N) is 1. The molecule has 1 fully saturated rings. The third-order valence-corrected chi connectivity index (χ3v) is 10.3. The highest BCUT2D eigenvalue weighted by atomic mass is 16.3. The zero-order valence-corrected chi connectivity index (χ0v) is 31.4. The third kappa shape index (κ3) is 11.8. The van der Waals surface area contributed by atoms with E-state index in [0.29, 0.717) is 37.9 Å². The highest BCUT2D eigenvalue weighted by Gasteiger charge is 2.37. The molecule has 2 aromatic rings. The molecule has 13 heteroatoms. The van der Waals surface area contributed by atoms with Crippen molar-refractivity contribution in [2.75, 3.05) is 33.3 Å². The van der Waals surface area contributed by atoms with Crippen LogP contribution in [0.4, 0.5) is 0 Å². The number of aliphatic hydroxyl groups excluding tert-OH is 1. The van der Waals surface area contributed by atoms with E-state index < -0.39 is 42.0 Å². The second kappa shape index (κ2) is 19.9. The first-order valence-corrected chi connectivity index (χ1v) is 18.3. The molecule has 0 aromatic heterocycles. The minimum Gasteiger partial charge on any atom is -0.402 e. The number of carbonyl (C=O) groups is 5. The summed E-state index contributed by atoms with van der Waals surface area (Å²) in [5, 5.41) is 26.0. The number of aliphatic hydroxyl groups is 1. The van der Waals surface area contributed by atoms with Crippen molar-refractivity contribution in [1.82, 2.24) is 31.5 Å². The lowest BCUT2D eigenvalue weighted by Crippen LogP contribution is -2.61. The average molecular weight is 722 g/mol. The van der Waals surface area contributed by atoms with Gasteiger partial charge in [0.05, 0.1) is 19.1 Å². The molecule has 1 saturated heterocycles. The van der Waals surface area contributed by atoms with Crippen molar-refractivity contribution in [3.05, 3.63) is 60.3 Å². The number of benzene rings is 2. The summed E-state index contributed by atoms with van der Waals surface area (Å²) >= 11 is 0. The molecule has 1 aliphatic rings. The Morgan fingerprint density at radius 3 is 2.42 bits per heavy atom. The van der Waals surface area contributed by atoms with Gasteiger partial charge < -0.3 is 42.3 Å². The van der Waals surface area contributed by atoms with Crippen molar-refractivity contribution in [2.45, 2.75) is 89.9 Å². The van der Waals surface area contributed by atoms with Crippen molar-refractivity contribution in [1.29, 1.82) is 0 Å². The van der Waals surface area contributed by atoms with Gasteiger partial charge in [0, 0.05) is 30.2 Å². The van der Waals surface area contributed by atoms with E-state index in [-0.39, 0.29) is 36.2 Å². The molecule has 0 saturated carbocycles. The van der Waals surface area contributed by atoms with E-state index in [4.69, 9.17) is 5.73 Å². The third-order valence-electron chi connectivity index (χ3n) is 10.3. The average Bonchev–Trinajstić information content (AvgIpc) is 3.53. The SMILES string of the molecule is C=C(N)[C@H](C(C)CC)C(Cc1ccc2ccccc2c1)NC(=O)C(CO)NC(=O)C(C)(C)NC(=O)CNC(=O)C(CCCNC=O)C1CCCN1C. The van der Waals surface area contributed by atoms with Gasteiger partial charge in [-0.2, -0.15) is 0 Å². The molecule has 286 valence electrons. The smallest absolute Gasteiger partial charge is 0.245 e. The van der Waals surface area contributed by atoms with Crippen molar-refractivity contribution in [3.63, 3.8) is 0 Å². The van der Waals surface area contributed by atoms with Crippen molar-refractivity contribution in [2.24, 2.45) is 23.5 Å². The van der Waals surface area contributed by atoms with E-state index in [1.807, 2.05) is 57.3 Å². The molecule has 0 spiro atoms. The Balaban J connectivity index is 1.65. The lowest BCUT2D eigenvalue weighted by Gasteiger charge is -2.34. The molecule has 3 rings (SSSR count). The summed E-state index contributed by atoms with van der Waals surface area (Å²) in [6, 6.07) is 12.3. The molecular weight excluding hydrogens is 662 g/mol. The topological polar surface area (TPSA) is 195 Å². The number of hydrogen-bond donors (Lipinski definition) is 7. The molecule has 0 radical (unpaired) electrons. The zero-order chi connectivity index (χ0) is 38.4. The fourth-order valence-corrected chi connectivity index (χ4v) is 7.15. The molecule has 0 bridgehead atoms. The fourth-order valence-electron chi connectivity index (χ4n) is 7.15. The molecule has 8 N–H and O–H groups in total. The first-order chi connectivity index (χ1) is 24.7. The predicted molar refractivity (Wildman–Crippen MR) is 203 cm³/mol. The zero-order valence-electron chi connectivity index (χ0n) is 31.4. The summed E-state index contributed by atoms with van der Waals surface area (Å²) in [4.78, 5) is 66.1. The second-order valence-corrected chi connectivity index (χ2v) is 14.6. The largest absolute Gasteiger partial charge is 0.402 e. The van der Waals surface area contributed by atoms with Crippen LogP contribution >= 0.6 is 0 Å². The van der Waals surface area contributed by atoms with Gasteiger partial charge in [0.15, 0.2) is 0 Å². The molecule has 0 aliphatic carbocycles. The molecule has 13 nitrogen and oxygen atoms in total. The first kappa shape index (κ1) is 41.9. The van der Waals surface area contributed by atoms with Crippen LogP contribution in [0.15, 0.2) is 54.7 Å². The number of nitrogens with one attached hydrogen (secondary N) is 5. The molecular formula is C39H59N7O6. The van der Waals surface area contributed by atoms with Crippen molar-refractivity contribution >= 4 is 40.8 Å². The van der Waals surface area contributed by atoms with Crippen LogP contribution in [0, 0.1) is 17.8 Å². The highest BCUT2D eigenvalue weighted by Crippen LogP contribution is 2.28. The molecule has 5 unspecified atom stereocenters. The van der Waals surface area contributed by atoms with Crippen LogP contribution in [0.1, 0.15) is 65.4 Å². The Kier molecular flexibility index (Phi) is 16.1. The van der Waals surface area contributed by atoms with E-state index in [0.717, 1.165) is 42.1 Å². The molecule has 6 atom stereocenters. The quantitative estimate of drug-likeness (QED) is 0.0748. The first-order valence-electron chi connectivity index (χ1n) is 18.3. The maximum atomic E-state index is 13.7. The molecule has 1 heterocycles. The van der Waals surface area contributed by atoms with Crippen LogP contribution in [0.2, 0.25) is 0 Å². The van der Waals surface area contributed by atoms with E-state index in [1.165, 1.54) is 13.8 Å². The van der Waals surface area contributed by atoms with Crippen LogP contribution in [0.5, 0.6) is 0 Å². The molecule has 52 heavy (non-hydrogen) atoms. The van der Waals surface area contributed by atoms with Gasteiger partial charge >= 0.3 is 0 Å². The normalized spacial score (nSPS) is 17.6. The van der Waals surface area contributed by atoms with Crippen LogP contribution < -0.4 is 32.3 Å². The number of carbonyl (C=O) groups excluding carboxylic acids is 5. The van der Waals surface area contributed by atoms with Gasteiger partial charge in [-0.15, -0.1) is 0 Å². The summed E-state index contributed by atoms with van der Waals surface area (Å²) in [5.41, 5.74) is 6.23. The molecule has 5 amide bonds. The Morgan fingerprint density at radius 2 is 1.81 bits per heavy atom. The van der Waals surface area contributed by atoms with Crippen molar-refractivity contribution in [3.8, 4) is 0 Å². The van der Waals surface area contributed by atoms with Gasteiger partial charge in [-0.05, 0) is 81.8 Å². The van der Waals surface area contributed by atoms with Crippen LogP contribution in [-0.4, -0.2) is 97.0 Å². The van der Waals surface area contributed by atoms with E-state index in [1.54, 1.807) is 0 Å². The van der Waals surface area contributed by atoms with Gasteiger partial charge in [-0.3, -0.25) is 24.0 Å². The monoisotopic (exact) mass is 721 g/mol. The maximum absolute atomic E-state index is 13.7. The Hall–Kier alpha value is -4.49. The number of nitrogens with two attached hydrogens (primary N) is 1. The molecule has 1 aliphatic heterocycles. The van der Waals surface area contributed by atoms with Crippen molar-refractivity contribution < 1.29 is 29.1 Å².